The molecule has 0 radical (unpaired) electrons. The first-order chi connectivity index (χ1) is 11.1. The average molecular weight is 329 g/mol. The lowest BCUT2D eigenvalue weighted by atomic mass is 9.78. The van der Waals surface area contributed by atoms with E-state index in [1.807, 2.05) is 22.4 Å². The van der Waals surface area contributed by atoms with Crippen LogP contribution < -0.4 is 10.6 Å². The van der Waals surface area contributed by atoms with Crippen LogP contribution in [0.1, 0.15) is 47.7 Å². The molecule has 1 aromatic carbocycles. The molecule has 1 aliphatic rings. The fourth-order valence-electron chi connectivity index (χ4n) is 3.45. The Labute approximate surface area is 141 Å². The van der Waals surface area contributed by atoms with E-state index in [1.54, 1.807) is 0 Å². The number of hydrogen-bond donors (Lipinski definition) is 1. The van der Waals surface area contributed by atoms with Gasteiger partial charge in [0, 0.05) is 29.4 Å². The molecule has 2 N–H and O–H groups in total. The van der Waals surface area contributed by atoms with Crippen LogP contribution in [0.25, 0.3) is 0 Å². The summed E-state index contributed by atoms with van der Waals surface area (Å²) >= 11 is 1.52. The van der Waals surface area contributed by atoms with E-state index in [9.17, 15) is 4.79 Å². The molecule has 0 unspecified atom stereocenters. The Balaban J connectivity index is 1.95. The highest BCUT2D eigenvalue weighted by atomic mass is 32.1. The zero-order valence-corrected chi connectivity index (χ0v) is 14.5. The highest BCUT2D eigenvalue weighted by Crippen LogP contribution is 2.45. The first kappa shape index (κ1) is 16.1. The molecule has 0 atom stereocenters. The van der Waals surface area contributed by atoms with Gasteiger partial charge in [0.1, 0.15) is 5.69 Å². The number of nitrogens with two attached hydrogens (primary N) is 1. The van der Waals surface area contributed by atoms with Crippen LogP contribution in [0.5, 0.6) is 0 Å². The lowest BCUT2D eigenvalue weighted by Gasteiger charge is -2.27. The first-order valence-corrected chi connectivity index (χ1v) is 9.09. The molecule has 122 valence electrons. The highest BCUT2D eigenvalue weighted by Gasteiger charge is 2.42. The van der Waals surface area contributed by atoms with Gasteiger partial charge in [0.05, 0.1) is 5.01 Å². The monoisotopic (exact) mass is 329 g/mol. The third kappa shape index (κ3) is 2.68. The normalized spacial score (nSPS) is 15.7. The maximum absolute atomic E-state index is 13.0. The molecule has 4 nitrogen and oxygen atoms in total. The lowest BCUT2D eigenvalue weighted by Crippen LogP contribution is -2.36. The van der Waals surface area contributed by atoms with Crippen molar-refractivity contribution in [1.29, 1.82) is 0 Å². The van der Waals surface area contributed by atoms with Gasteiger partial charge >= 0.3 is 0 Å². The van der Waals surface area contributed by atoms with Crippen LogP contribution in [0, 0.1) is 0 Å². The van der Waals surface area contributed by atoms with Gasteiger partial charge in [0.25, 0.3) is 5.91 Å². The van der Waals surface area contributed by atoms with Crippen molar-refractivity contribution in [2.75, 3.05) is 18.0 Å². The maximum atomic E-state index is 13.0. The predicted molar refractivity (Wildman–Crippen MR) is 95.3 cm³/mol. The standard InChI is InChI=1S/C18H23N3OS/c1-3-18(4-2)12-21(15-8-6-5-7-13(15)18)17(22)14-11-23-16(20-14)9-10-19/h5-8,11H,3-4,9-10,12,19H2,1-2H3. The van der Waals surface area contributed by atoms with Crippen molar-refractivity contribution in [1.82, 2.24) is 4.98 Å². The van der Waals surface area contributed by atoms with Gasteiger partial charge in [-0.1, -0.05) is 32.0 Å². The second-order valence-electron chi connectivity index (χ2n) is 6.06. The molecule has 0 fully saturated rings. The fraction of sp³-hybridized carbons (Fsp3) is 0.444. The number of carbonyl (C=O) groups is 1. The van der Waals surface area contributed by atoms with Crippen LogP contribution in [0.15, 0.2) is 29.6 Å². The third-order valence-corrected chi connectivity index (χ3v) is 5.86. The van der Waals surface area contributed by atoms with E-state index in [0.717, 1.165) is 36.5 Å². The molecule has 0 spiro atoms. The number of hydrogen-bond acceptors (Lipinski definition) is 4. The molecule has 23 heavy (non-hydrogen) atoms. The van der Waals surface area contributed by atoms with Crippen molar-refractivity contribution in [3.8, 4) is 0 Å². The Kier molecular flexibility index (Phi) is 4.50. The molecule has 5 heteroatoms. The van der Waals surface area contributed by atoms with Crippen LogP contribution in [-0.2, 0) is 11.8 Å². The minimum absolute atomic E-state index is 0.000691. The third-order valence-electron chi connectivity index (χ3n) is 4.95. The molecule has 1 aromatic heterocycles. The van der Waals surface area contributed by atoms with Crippen molar-refractivity contribution in [2.24, 2.45) is 5.73 Å². The molecule has 1 aliphatic heterocycles. The Morgan fingerprint density at radius 1 is 1.35 bits per heavy atom. The number of aromatic nitrogens is 1. The molecular formula is C18H23N3OS. The van der Waals surface area contributed by atoms with E-state index in [4.69, 9.17) is 5.73 Å². The number of rotatable bonds is 5. The van der Waals surface area contributed by atoms with Crippen LogP contribution >= 0.6 is 11.3 Å². The second kappa shape index (κ2) is 6.42. The number of nitrogens with zero attached hydrogens (tertiary/aromatic N) is 2. The van der Waals surface area contributed by atoms with Gasteiger partial charge in [-0.2, -0.15) is 0 Å². The lowest BCUT2D eigenvalue weighted by molar-refractivity contribution is 0.0980. The van der Waals surface area contributed by atoms with E-state index in [1.165, 1.54) is 16.9 Å². The molecule has 2 heterocycles. The maximum Gasteiger partial charge on any atom is 0.277 e. The summed E-state index contributed by atoms with van der Waals surface area (Å²) in [5, 5.41) is 2.79. The molecule has 0 bridgehead atoms. The quantitative estimate of drug-likeness (QED) is 0.915. The zero-order valence-electron chi connectivity index (χ0n) is 13.7. The van der Waals surface area contributed by atoms with E-state index in [2.05, 4.69) is 31.0 Å². The van der Waals surface area contributed by atoms with Gasteiger partial charge < -0.3 is 10.6 Å². The number of carbonyl (C=O) groups excluding carboxylic acids is 1. The first-order valence-electron chi connectivity index (χ1n) is 8.21. The Morgan fingerprint density at radius 3 is 2.78 bits per heavy atom. The summed E-state index contributed by atoms with van der Waals surface area (Å²) in [6.07, 6.45) is 2.78. The zero-order chi connectivity index (χ0) is 16.4. The van der Waals surface area contributed by atoms with Crippen molar-refractivity contribution in [3.63, 3.8) is 0 Å². The molecule has 0 saturated carbocycles. The Morgan fingerprint density at radius 2 is 2.09 bits per heavy atom. The Hall–Kier alpha value is -1.72. The summed E-state index contributed by atoms with van der Waals surface area (Å²) in [5.74, 6) is 0.000691. The number of thiazole rings is 1. The number of para-hydroxylation sites is 1. The summed E-state index contributed by atoms with van der Waals surface area (Å²) in [7, 11) is 0. The van der Waals surface area contributed by atoms with E-state index < -0.39 is 0 Å². The predicted octanol–water partition coefficient (Wildman–Crippen LogP) is 3.36. The number of amides is 1. The van der Waals surface area contributed by atoms with Gasteiger partial charge in [0.15, 0.2) is 0 Å². The van der Waals surface area contributed by atoms with Crippen molar-refractivity contribution < 1.29 is 4.79 Å². The second-order valence-corrected chi connectivity index (χ2v) is 7.00. The van der Waals surface area contributed by atoms with E-state index in [-0.39, 0.29) is 11.3 Å². The summed E-state index contributed by atoms with van der Waals surface area (Å²) in [6, 6.07) is 8.28. The van der Waals surface area contributed by atoms with Crippen LogP contribution in [0.3, 0.4) is 0 Å². The van der Waals surface area contributed by atoms with Gasteiger partial charge in [0.2, 0.25) is 0 Å². The van der Waals surface area contributed by atoms with Gasteiger partial charge in [-0.3, -0.25) is 4.79 Å². The fourth-order valence-corrected chi connectivity index (χ4v) is 4.24. The van der Waals surface area contributed by atoms with Gasteiger partial charge in [-0.15, -0.1) is 11.3 Å². The molecule has 0 aliphatic carbocycles. The largest absolute Gasteiger partial charge is 0.330 e. The minimum Gasteiger partial charge on any atom is -0.330 e. The van der Waals surface area contributed by atoms with E-state index >= 15 is 0 Å². The van der Waals surface area contributed by atoms with E-state index in [0.29, 0.717) is 12.2 Å². The summed E-state index contributed by atoms with van der Waals surface area (Å²) in [4.78, 5) is 19.4. The molecule has 3 rings (SSSR count). The number of benzene rings is 1. The Bertz CT molecular complexity index is 706. The molecular weight excluding hydrogens is 306 g/mol. The van der Waals surface area contributed by atoms with Gasteiger partial charge in [-0.25, -0.2) is 4.98 Å². The minimum atomic E-state index is 0.000691. The van der Waals surface area contributed by atoms with Crippen molar-refractivity contribution in [2.45, 2.75) is 38.5 Å². The van der Waals surface area contributed by atoms with Crippen molar-refractivity contribution >= 4 is 22.9 Å². The summed E-state index contributed by atoms with van der Waals surface area (Å²) < 4.78 is 0. The summed E-state index contributed by atoms with van der Waals surface area (Å²) in [6.45, 7) is 5.71. The van der Waals surface area contributed by atoms with Crippen molar-refractivity contribution in [3.05, 3.63) is 45.9 Å². The van der Waals surface area contributed by atoms with Crippen LogP contribution in [0.4, 0.5) is 5.69 Å². The number of fused-ring (bicyclic) bond motifs is 1. The molecule has 1 amide bonds. The number of anilines is 1. The van der Waals surface area contributed by atoms with Gasteiger partial charge in [-0.05, 0) is 31.0 Å². The topological polar surface area (TPSA) is 59.2 Å². The van der Waals surface area contributed by atoms with Crippen LogP contribution in [-0.4, -0.2) is 24.0 Å². The molecule has 2 aromatic rings. The highest BCUT2D eigenvalue weighted by molar-refractivity contribution is 7.09. The SMILES string of the molecule is CCC1(CC)CN(C(=O)c2csc(CCN)n2)c2ccccc21. The molecule has 0 saturated heterocycles. The summed E-state index contributed by atoms with van der Waals surface area (Å²) in [5.41, 5.74) is 8.49. The smallest absolute Gasteiger partial charge is 0.277 e. The van der Waals surface area contributed by atoms with Crippen LogP contribution in [0.2, 0.25) is 0 Å². The average Bonchev–Trinajstić information content (AvgIpc) is 3.18.